The van der Waals surface area contributed by atoms with E-state index in [1.165, 1.54) is 6.07 Å². The summed E-state index contributed by atoms with van der Waals surface area (Å²) in [5, 5.41) is 0. The Hall–Kier alpha value is -1.19. The molecular formula is C14H18F3N. The van der Waals surface area contributed by atoms with Crippen molar-refractivity contribution in [2.24, 2.45) is 0 Å². The molecule has 1 aromatic carbocycles. The Morgan fingerprint density at radius 1 is 1.11 bits per heavy atom. The molecule has 0 aliphatic carbocycles. The number of benzene rings is 1. The highest BCUT2D eigenvalue weighted by atomic mass is 19.4. The molecule has 1 heterocycles. The lowest BCUT2D eigenvalue weighted by atomic mass is 9.96. The number of hydrogen-bond donors (Lipinski definition) is 0. The van der Waals surface area contributed by atoms with Gasteiger partial charge in [0.1, 0.15) is 0 Å². The molecule has 0 N–H and O–H groups in total. The van der Waals surface area contributed by atoms with E-state index in [4.69, 9.17) is 0 Å². The zero-order chi connectivity index (χ0) is 13.3. The Morgan fingerprint density at radius 2 is 1.72 bits per heavy atom. The summed E-state index contributed by atoms with van der Waals surface area (Å²) in [7, 11) is 0. The fourth-order valence-electron chi connectivity index (χ4n) is 2.47. The molecule has 0 spiro atoms. The van der Waals surface area contributed by atoms with Crippen LogP contribution in [0, 0.1) is 0 Å². The maximum Gasteiger partial charge on any atom is 0.416 e. The van der Waals surface area contributed by atoms with E-state index in [0.717, 1.165) is 25.9 Å². The van der Waals surface area contributed by atoms with Gasteiger partial charge < -0.3 is 4.90 Å². The predicted octanol–water partition coefficient (Wildman–Crippen LogP) is 4.43. The Labute approximate surface area is 106 Å². The molecule has 4 heteroatoms. The summed E-state index contributed by atoms with van der Waals surface area (Å²) in [6, 6.07) is 4.75. The number of rotatable bonds is 2. The number of hydrogen-bond acceptors (Lipinski definition) is 1. The summed E-state index contributed by atoms with van der Waals surface area (Å²) in [6.45, 7) is 5.30. The maximum atomic E-state index is 13.1. The van der Waals surface area contributed by atoms with Gasteiger partial charge in [0, 0.05) is 18.8 Å². The van der Waals surface area contributed by atoms with E-state index in [1.54, 1.807) is 19.9 Å². The van der Waals surface area contributed by atoms with Gasteiger partial charge in [-0.25, -0.2) is 0 Å². The van der Waals surface area contributed by atoms with Gasteiger partial charge in [-0.05, 0) is 36.5 Å². The molecule has 0 bridgehead atoms. The second-order valence-corrected chi connectivity index (χ2v) is 5.12. The molecule has 0 aromatic heterocycles. The van der Waals surface area contributed by atoms with Crippen LogP contribution < -0.4 is 4.90 Å². The molecule has 1 nitrogen and oxygen atoms in total. The Bertz CT molecular complexity index is 418. The minimum absolute atomic E-state index is 0.116. The number of halogens is 3. The molecule has 1 saturated heterocycles. The van der Waals surface area contributed by atoms with E-state index in [1.807, 2.05) is 11.0 Å². The third-order valence-corrected chi connectivity index (χ3v) is 3.44. The predicted molar refractivity (Wildman–Crippen MR) is 67.0 cm³/mol. The highest BCUT2D eigenvalue weighted by Crippen LogP contribution is 2.37. The highest BCUT2D eigenvalue weighted by Gasteiger charge is 2.34. The lowest BCUT2D eigenvalue weighted by Gasteiger charge is -2.22. The molecule has 1 aromatic rings. The van der Waals surface area contributed by atoms with E-state index < -0.39 is 11.7 Å². The smallest absolute Gasteiger partial charge is 0.372 e. The SMILES string of the molecule is CC(C)c1ccc(N2CCCC2)cc1C(F)(F)F. The van der Waals surface area contributed by atoms with Crippen LogP contribution in [0.1, 0.15) is 43.7 Å². The van der Waals surface area contributed by atoms with Crippen LogP contribution in [0.15, 0.2) is 18.2 Å². The summed E-state index contributed by atoms with van der Waals surface area (Å²) in [5.41, 5.74) is 0.594. The standard InChI is InChI=1S/C14H18F3N/c1-10(2)12-6-5-11(18-7-3-4-8-18)9-13(12)14(15,16)17/h5-6,9-10H,3-4,7-8H2,1-2H3. The molecule has 100 valence electrons. The quantitative estimate of drug-likeness (QED) is 0.757. The normalized spacial score (nSPS) is 16.7. The highest BCUT2D eigenvalue weighted by molar-refractivity contribution is 5.53. The molecule has 0 amide bonds. The largest absolute Gasteiger partial charge is 0.416 e. The van der Waals surface area contributed by atoms with Crippen molar-refractivity contribution < 1.29 is 13.2 Å². The first-order chi connectivity index (χ1) is 8.39. The second kappa shape index (κ2) is 4.82. The first kappa shape index (κ1) is 13.2. The van der Waals surface area contributed by atoms with Gasteiger partial charge in [-0.3, -0.25) is 0 Å². The zero-order valence-corrected chi connectivity index (χ0v) is 10.7. The minimum atomic E-state index is -4.27. The number of alkyl halides is 3. The van der Waals surface area contributed by atoms with Crippen molar-refractivity contribution in [2.75, 3.05) is 18.0 Å². The maximum absolute atomic E-state index is 13.1. The van der Waals surface area contributed by atoms with Gasteiger partial charge in [0.2, 0.25) is 0 Å². The molecule has 0 unspecified atom stereocenters. The fraction of sp³-hybridized carbons (Fsp3) is 0.571. The van der Waals surface area contributed by atoms with Gasteiger partial charge in [0.25, 0.3) is 0 Å². The third kappa shape index (κ3) is 2.62. The average molecular weight is 257 g/mol. The van der Waals surface area contributed by atoms with Gasteiger partial charge >= 0.3 is 6.18 Å². The van der Waals surface area contributed by atoms with Gasteiger partial charge in [-0.1, -0.05) is 19.9 Å². The Morgan fingerprint density at radius 3 is 2.22 bits per heavy atom. The van der Waals surface area contributed by atoms with Crippen LogP contribution in [0.5, 0.6) is 0 Å². The van der Waals surface area contributed by atoms with E-state index in [2.05, 4.69) is 0 Å². The molecule has 2 rings (SSSR count). The van der Waals surface area contributed by atoms with Crippen LogP contribution >= 0.6 is 0 Å². The number of nitrogens with zero attached hydrogens (tertiary/aromatic N) is 1. The van der Waals surface area contributed by atoms with Crippen LogP contribution in [0.4, 0.5) is 18.9 Å². The Balaban J connectivity index is 2.41. The molecule has 18 heavy (non-hydrogen) atoms. The molecule has 0 atom stereocenters. The molecule has 1 aliphatic heterocycles. The molecule has 0 saturated carbocycles. The summed E-state index contributed by atoms with van der Waals surface area (Å²) >= 11 is 0. The van der Waals surface area contributed by atoms with Crippen molar-refractivity contribution in [2.45, 2.75) is 38.8 Å². The van der Waals surface area contributed by atoms with Crippen molar-refractivity contribution in [1.82, 2.24) is 0 Å². The molecule has 1 aliphatic rings. The van der Waals surface area contributed by atoms with Gasteiger partial charge in [-0.15, -0.1) is 0 Å². The van der Waals surface area contributed by atoms with Gasteiger partial charge in [0.15, 0.2) is 0 Å². The first-order valence-electron chi connectivity index (χ1n) is 6.35. The third-order valence-electron chi connectivity index (χ3n) is 3.44. The summed E-state index contributed by atoms with van der Waals surface area (Å²) in [5.74, 6) is -0.116. The minimum Gasteiger partial charge on any atom is -0.372 e. The first-order valence-corrected chi connectivity index (χ1v) is 6.35. The Kier molecular flexibility index (Phi) is 3.55. The van der Waals surface area contributed by atoms with E-state index in [0.29, 0.717) is 11.3 Å². The fourth-order valence-corrected chi connectivity index (χ4v) is 2.47. The summed E-state index contributed by atoms with van der Waals surface area (Å²) < 4.78 is 39.2. The summed E-state index contributed by atoms with van der Waals surface area (Å²) in [6.07, 6.45) is -2.14. The molecule has 1 fully saturated rings. The molecular weight excluding hydrogens is 239 g/mol. The second-order valence-electron chi connectivity index (χ2n) is 5.12. The van der Waals surface area contributed by atoms with Gasteiger partial charge in [-0.2, -0.15) is 13.2 Å². The summed E-state index contributed by atoms with van der Waals surface area (Å²) in [4.78, 5) is 2.03. The van der Waals surface area contributed by atoms with Crippen LogP contribution in [-0.2, 0) is 6.18 Å². The van der Waals surface area contributed by atoms with Gasteiger partial charge in [0.05, 0.1) is 5.56 Å². The van der Waals surface area contributed by atoms with E-state index >= 15 is 0 Å². The van der Waals surface area contributed by atoms with Crippen molar-refractivity contribution in [3.63, 3.8) is 0 Å². The van der Waals surface area contributed by atoms with Crippen molar-refractivity contribution >= 4 is 5.69 Å². The van der Waals surface area contributed by atoms with Crippen LogP contribution in [0.25, 0.3) is 0 Å². The van der Waals surface area contributed by atoms with E-state index in [9.17, 15) is 13.2 Å². The van der Waals surface area contributed by atoms with Crippen molar-refractivity contribution in [3.8, 4) is 0 Å². The zero-order valence-electron chi connectivity index (χ0n) is 10.7. The van der Waals surface area contributed by atoms with Crippen LogP contribution in [-0.4, -0.2) is 13.1 Å². The van der Waals surface area contributed by atoms with Crippen LogP contribution in [0.3, 0.4) is 0 Å². The molecule has 0 radical (unpaired) electrons. The lowest BCUT2D eigenvalue weighted by Crippen LogP contribution is -2.19. The lowest BCUT2D eigenvalue weighted by molar-refractivity contribution is -0.138. The topological polar surface area (TPSA) is 3.24 Å². The average Bonchev–Trinajstić information content (AvgIpc) is 2.80. The van der Waals surface area contributed by atoms with Crippen LogP contribution in [0.2, 0.25) is 0 Å². The monoisotopic (exact) mass is 257 g/mol. The van der Waals surface area contributed by atoms with Crippen molar-refractivity contribution in [3.05, 3.63) is 29.3 Å². The van der Waals surface area contributed by atoms with Crippen molar-refractivity contribution in [1.29, 1.82) is 0 Å². The van der Waals surface area contributed by atoms with E-state index in [-0.39, 0.29) is 5.92 Å². The number of anilines is 1.